The van der Waals surface area contributed by atoms with Crippen molar-refractivity contribution < 1.29 is 17.9 Å². The predicted molar refractivity (Wildman–Crippen MR) is 120 cm³/mol. The van der Waals surface area contributed by atoms with E-state index in [1.165, 1.54) is 0 Å². The van der Waals surface area contributed by atoms with Crippen LogP contribution in [0.3, 0.4) is 0 Å². The highest BCUT2D eigenvalue weighted by atomic mass is 32.2. The van der Waals surface area contributed by atoms with Gasteiger partial charge in [-0.3, -0.25) is 9.48 Å². The number of sulfone groups is 1. The van der Waals surface area contributed by atoms with Crippen LogP contribution in [0.1, 0.15) is 34.1 Å². The fourth-order valence-corrected chi connectivity index (χ4v) is 5.49. The molecule has 2 aromatic carbocycles. The molecule has 0 saturated carbocycles. The highest BCUT2D eigenvalue weighted by Gasteiger charge is 2.32. The third-order valence-electron chi connectivity index (χ3n) is 5.76. The number of benzene rings is 2. The number of amides is 1. The minimum Gasteiger partial charge on any atom is -0.497 e. The van der Waals surface area contributed by atoms with E-state index in [1.54, 1.807) is 17.9 Å². The number of hydrogen-bond acceptors (Lipinski definition) is 5. The minimum absolute atomic E-state index is 0.0237. The predicted octanol–water partition coefficient (Wildman–Crippen LogP) is 3.79. The molecule has 1 aromatic heterocycles. The summed E-state index contributed by atoms with van der Waals surface area (Å²) in [6.07, 6.45) is 0.477. The number of anilines is 1. The van der Waals surface area contributed by atoms with Crippen LogP contribution in [-0.2, 0) is 9.84 Å². The van der Waals surface area contributed by atoms with E-state index in [0.717, 1.165) is 22.4 Å². The molecule has 1 fully saturated rings. The maximum atomic E-state index is 13.0. The summed E-state index contributed by atoms with van der Waals surface area (Å²) >= 11 is 0. The van der Waals surface area contributed by atoms with Gasteiger partial charge in [0, 0.05) is 11.3 Å². The molecule has 1 aliphatic rings. The van der Waals surface area contributed by atoms with Gasteiger partial charge >= 0.3 is 0 Å². The number of hydrogen-bond donors (Lipinski definition) is 1. The third kappa shape index (κ3) is 4.34. The molecule has 0 aliphatic carbocycles. The van der Waals surface area contributed by atoms with Crippen LogP contribution < -0.4 is 10.1 Å². The van der Waals surface area contributed by atoms with Crippen molar-refractivity contribution in [1.29, 1.82) is 0 Å². The molecule has 4 rings (SSSR count). The molecule has 2 heterocycles. The van der Waals surface area contributed by atoms with Crippen molar-refractivity contribution in [3.05, 3.63) is 65.4 Å². The first-order valence-electron chi connectivity index (χ1n) is 10.1. The molecule has 0 radical (unpaired) electrons. The lowest BCUT2D eigenvalue weighted by Crippen LogP contribution is -2.17. The lowest BCUT2D eigenvalue weighted by molar-refractivity contribution is 0.102. The van der Waals surface area contributed by atoms with E-state index in [9.17, 15) is 13.2 Å². The van der Waals surface area contributed by atoms with Gasteiger partial charge in [-0.2, -0.15) is 5.10 Å². The molecule has 1 amide bonds. The molecule has 7 nitrogen and oxygen atoms in total. The molecule has 0 bridgehead atoms. The largest absolute Gasteiger partial charge is 0.497 e. The standard InChI is InChI=1S/C23H25N3O4S/c1-15-5-4-6-20(16(15)2)24-23(27)21-13-22(17-7-9-19(30-3)10-8-17)26(25-21)18-11-12-31(28,29)14-18/h4-10,13,18H,11-12,14H2,1-3H3,(H,24,27)/t18-/m0/s1. The smallest absolute Gasteiger partial charge is 0.276 e. The molecule has 162 valence electrons. The number of nitrogens with one attached hydrogen (secondary N) is 1. The summed E-state index contributed by atoms with van der Waals surface area (Å²) in [6, 6.07) is 14.6. The van der Waals surface area contributed by atoms with Gasteiger partial charge in [0.05, 0.1) is 30.4 Å². The highest BCUT2D eigenvalue weighted by molar-refractivity contribution is 7.91. The maximum Gasteiger partial charge on any atom is 0.276 e. The number of aryl methyl sites for hydroxylation is 1. The fourth-order valence-electron chi connectivity index (χ4n) is 3.80. The maximum absolute atomic E-state index is 13.0. The van der Waals surface area contributed by atoms with Crippen molar-refractivity contribution in [3.8, 4) is 17.0 Å². The quantitative estimate of drug-likeness (QED) is 0.653. The van der Waals surface area contributed by atoms with Crippen LogP contribution in [-0.4, -0.2) is 42.7 Å². The van der Waals surface area contributed by atoms with Crippen LogP contribution in [0.15, 0.2) is 48.5 Å². The first-order valence-corrected chi connectivity index (χ1v) is 11.9. The average molecular weight is 440 g/mol. The Morgan fingerprint density at radius 2 is 1.90 bits per heavy atom. The lowest BCUT2D eigenvalue weighted by atomic mass is 10.1. The minimum atomic E-state index is -3.10. The van der Waals surface area contributed by atoms with Crippen molar-refractivity contribution in [2.24, 2.45) is 0 Å². The van der Waals surface area contributed by atoms with Gasteiger partial charge in [-0.1, -0.05) is 12.1 Å². The van der Waals surface area contributed by atoms with Gasteiger partial charge in [0.2, 0.25) is 0 Å². The van der Waals surface area contributed by atoms with Crippen molar-refractivity contribution in [2.75, 3.05) is 23.9 Å². The van der Waals surface area contributed by atoms with Crippen molar-refractivity contribution in [2.45, 2.75) is 26.3 Å². The molecule has 31 heavy (non-hydrogen) atoms. The molecule has 8 heteroatoms. The van der Waals surface area contributed by atoms with Crippen LogP contribution in [0.25, 0.3) is 11.3 Å². The summed E-state index contributed by atoms with van der Waals surface area (Å²) in [5.74, 6) is 0.536. The Hall–Kier alpha value is -3.13. The summed E-state index contributed by atoms with van der Waals surface area (Å²) in [7, 11) is -1.51. The topological polar surface area (TPSA) is 90.3 Å². The fraction of sp³-hybridized carbons (Fsp3) is 0.304. The second kappa shape index (κ2) is 8.19. The van der Waals surface area contributed by atoms with Crippen LogP contribution >= 0.6 is 0 Å². The summed E-state index contributed by atoms with van der Waals surface area (Å²) < 4.78 is 31.0. The SMILES string of the molecule is COc1ccc(-c2cc(C(=O)Nc3cccc(C)c3C)nn2[C@H]2CCS(=O)(=O)C2)cc1. The first kappa shape index (κ1) is 21.1. The lowest BCUT2D eigenvalue weighted by Gasteiger charge is -2.13. The third-order valence-corrected chi connectivity index (χ3v) is 7.51. The molecule has 1 saturated heterocycles. The van der Waals surface area contributed by atoms with Gasteiger partial charge in [0.25, 0.3) is 5.91 Å². The van der Waals surface area contributed by atoms with Crippen molar-refractivity contribution >= 4 is 21.4 Å². The number of ether oxygens (including phenoxy) is 1. The second-order valence-electron chi connectivity index (χ2n) is 7.85. The zero-order valence-corrected chi connectivity index (χ0v) is 18.6. The number of carbonyl (C=O) groups is 1. The van der Waals surface area contributed by atoms with E-state index < -0.39 is 9.84 Å². The summed E-state index contributed by atoms with van der Waals surface area (Å²) in [5.41, 5.74) is 4.59. The van der Waals surface area contributed by atoms with Gasteiger partial charge in [-0.25, -0.2) is 8.42 Å². The summed E-state index contributed by atoms with van der Waals surface area (Å²) in [4.78, 5) is 13.0. The van der Waals surface area contributed by atoms with E-state index in [4.69, 9.17) is 4.74 Å². The number of nitrogens with zero attached hydrogens (tertiary/aromatic N) is 2. The zero-order chi connectivity index (χ0) is 22.2. The molecule has 1 atom stereocenters. The van der Waals surface area contributed by atoms with E-state index in [-0.39, 0.29) is 29.1 Å². The molecular formula is C23H25N3O4S. The molecule has 1 aliphatic heterocycles. The zero-order valence-electron chi connectivity index (χ0n) is 17.8. The van der Waals surface area contributed by atoms with E-state index in [2.05, 4.69) is 10.4 Å². The van der Waals surface area contributed by atoms with E-state index in [1.807, 2.05) is 56.3 Å². The van der Waals surface area contributed by atoms with Crippen LogP contribution in [0.4, 0.5) is 5.69 Å². The number of carbonyl (C=O) groups excluding carboxylic acids is 1. The van der Waals surface area contributed by atoms with E-state index in [0.29, 0.717) is 17.9 Å². The Morgan fingerprint density at radius 1 is 1.16 bits per heavy atom. The van der Waals surface area contributed by atoms with Crippen molar-refractivity contribution in [3.63, 3.8) is 0 Å². The van der Waals surface area contributed by atoms with Crippen LogP contribution in [0.5, 0.6) is 5.75 Å². The Labute approximate surface area is 182 Å². The monoisotopic (exact) mass is 439 g/mol. The summed E-state index contributed by atoms with van der Waals surface area (Å²) in [6.45, 7) is 3.94. The molecule has 1 N–H and O–H groups in total. The Kier molecular flexibility index (Phi) is 5.58. The average Bonchev–Trinajstić information content (AvgIpc) is 3.35. The molecular weight excluding hydrogens is 414 g/mol. The second-order valence-corrected chi connectivity index (χ2v) is 10.1. The molecule has 0 unspecified atom stereocenters. The summed E-state index contributed by atoms with van der Waals surface area (Å²) in [5, 5.41) is 7.47. The number of methoxy groups -OCH3 is 1. The first-order chi connectivity index (χ1) is 14.8. The van der Waals surface area contributed by atoms with Gasteiger partial charge in [0.15, 0.2) is 15.5 Å². The number of aromatic nitrogens is 2. The van der Waals surface area contributed by atoms with Gasteiger partial charge in [0.1, 0.15) is 5.75 Å². The van der Waals surface area contributed by atoms with E-state index >= 15 is 0 Å². The van der Waals surface area contributed by atoms with Gasteiger partial charge in [-0.15, -0.1) is 0 Å². The Balaban J connectivity index is 1.71. The molecule has 3 aromatic rings. The number of rotatable bonds is 5. The van der Waals surface area contributed by atoms with Crippen LogP contribution in [0, 0.1) is 13.8 Å². The highest BCUT2D eigenvalue weighted by Crippen LogP contribution is 2.31. The van der Waals surface area contributed by atoms with Gasteiger partial charge in [-0.05, 0) is 67.8 Å². The van der Waals surface area contributed by atoms with Crippen molar-refractivity contribution in [1.82, 2.24) is 9.78 Å². The van der Waals surface area contributed by atoms with Gasteiger partial charge < -0.3 is 10.1 Å². The molecule has 0 spiro atoms. The Morgan fingerprint density at radius 3 is 2.55 bits per heavy atom. The Bertz CT molecular complexity index is 1230. The van der Waals surface area contributed by atoms with Crippen LogP contribution in [0.2, 0.25) is 0 Å². The normalized spacial score (nSPS) is 17.5.